The van der Waals surface area contributed by atoms with E-state index in [4.69, 9.17) is 14.2 Å². The molecule has 0 bridgehead atoms. The molecule has 1 aromatic carbocycles. The first-order valence-electron chi connectivity index (χ1n) is 6.08. The first-order valence-corrected chi connectivity index (χ1v) is 6.08. The normalized spacial score (nSPS) is 22.7. The number of benzene rings is 1. The maximum atomic E-state index is 11.5. The third-order valence-electron chi connectivity index (χ3n) is 3.01. The van der Waals surface area contributed by atoms with Crippen LogP contribution in [0.3, 0.4) is 0 Å². The lowest BCUT2D eigenvalue weighted by atomic mass is 9.90. The number of methoxy groups -OCH3 is 1. The Labute approximate surface area is 107 Å². The monoisotopic (exact) mass is 250 g/mol. The Morgan fingerprint density at radius 3 is 2.72 bits per heavy atom. The van der Waals surface area contributed by atoms with Gasteiger partial charge in [0.15, 0.2) is 11.9 Å². The van der Waals surface area contributed by atoms with Gasteiger partial charge in [-0.05, 0) is 18.6 Å². The van der Waals surface area contributed by atoms with Gasteiger partial charge < -0.3 is 14.2 Å². The van der Waals surface area contributed by atoms with Crippen LogP contribution in [0.25, 0.3) is 0 Å². The van der Waals surface area contributed by atoms with Crippen LogP contribution in [-0.2, 0) is 14.3 Å². The fraction of sp³-hybridized carbons (Fsp3) is 0.500. The van der Waals surface area contributed by atoms with Crippen LogP contribution in [0.5, 0.6) is 5.75 Å². The van der Waals surface area contributed by atoms with E-state index >= 15 is 0 Å². The molecule has 1 aliphatic carbocycles. The molecule has 1 saturated carbocycles. The van der Waals surface area contributed by atoms with Gasteiger partial charge in [0.25, 0.3) is 0 Å². The van der Waals surface area contributed by atoms with E-state index in [1.807, 2.05) is 31.2 Å². The Kier molecular flexibility index (Phi) is 4.33. The van der Waals surface area contributed by atoms with Gasteiger partial charge in [0.05, 0.1) is 13.2 Å². The van der Waals surface area contributed by atoms with Crippen LogP contribution in [-0.4, -0.2) is 38.3 Å². The van der Waals surface area contributed by atoms with E-state index in [0.29, 0.717) is 19.6 Å². The van der Waals surface area contributed by atoms with Crippen molar-refractivity contribution in [2.24, 2.45) is 0 Å². The molecule has 0 radical (unpaired) electrons. The number of ether oxygens (including phenoxy) is 3. The van der Waals surface area contributed by atoms with Gasteiger partial charge in [-0.15, -0.1) is 0 Å². The molecule has 1 aromatic rings. The third kappa shape index (κ3) is 2.89. The molecule has 0 amide bonds. The summed E-state index contributed by atoms with van der Waals surface area (Å²) in [4.78, 5) is 11.5. The van der Waals surface area contributed by atoms with Gasteiger partial charge in [-0.3, -0.25) is 4.79 Å². The Balaban J connectivity index is 1.90. The molecule has 1 fully saturated rings. The first-order chi connectivity index (χ1) is 8.72. The molecule has 0 aliphatic heterocycles. The Morgan fingerprint density at radius 1 is 1.28 bits per heavy atom. The Bertz CT molecular complexity index is 416. The lowest BCUT2D eigenvalue weighted by Crippen LogP contribution is -2.52. The van der Waals surface area contributed by atoms with Crippen molar-refractivity contribution in [1.29, 1.82) is 0 Å². The fourth-order valence-electron chi connectivity index (χ4n) is 1.88. The standard InChI is InChI=1S/C14H18O4/c1-10-5-3-4-6-12(10)18-13-9-11(15)14(13)17-8-7-16-2/h3-6,13-14H,7-9H2,1-2H3. The number of para-hydroxylation sites is 1. The predicted octanol–water partition coefficient (Wildman–Crippen LogP) is 1.75. The lowest BCUT2D eigenvalue weighted by Gasteiger charge is -2.35. The van der Waals surface area contributed by atoms with E-state index < -0.39 is 6.10 Å². The Hall–Kier alpha value is -1.39. The van der Waals surface area contributed by atoms with E-state index in [1.165, 1.54) is 0 Å². The number of aryl methyl sites for hydroxylation is 1. The van der Waals surface area contributed by atoms with Crippen molar-refractivity contribution in [1.82, 2.24) is 0 Å². The number of carbonyl (C=O) groups is 1. The molecular weight excluding hydrogens is 232 g/mol. The molecule has 1 aliphatic rings. The molecule has 18 heavy (non-hydrogen) atoms. The van der Waals surface area contributed by atoms with Gasteiger partial charge in [0.1, 0.15) is 11.9 Å². The van der Waals surface area contributed by atoms with Crippen LogP contribution in [0.1, 0.15) is 12.0 Å². The molecule has 4 nitrogen and oxygen atoms in total. The summed E-state index contributed by atoms with van der Waals surface area (Å²) in [5, 5.41) is 0. The third-order valence-corrected chi connectivity index (χ3v) is 3.01. The van der Waals surface area contributed by atoms with Crippen LogP contribution >= 0.6 is 0 Å². The quantitative estimate of drug-likeness (QED) is 0.721. The van der Waals surface area contributed by atoms with E-state index in [9.17, 15) is 4.79 Å². The molecule has 4 heteroatoms. The zero-order valence-corrected chi connectivity index (χ0v) is 10.7. The molecule has 0 heterocycles. The minimum atomic E-state index is -0.445. The van der Waals surface area contributed by atoms with Gasteiger partial charge in [-0.1, -0.05) is 18.2 Å². The summed E-state index contributed by atoms with van der Waals surface area (Å²) in [7, 11) is 1.60. The lowest BCUT2D eigenvalue weighted by molar-refractivity contribution is -0.156. The van der Waals surface area contributed by atoms with Crippen LogP contribution in [0, 0.1) is 6.92 Å². The highest BCUT2D eigenvalue weighted by molar-refractivity contribution is 5.90. The molecule has 0 N–H and O–H groups in total. The molecule has 2 rings (SSSR count). The highest BCUT2D eigenvalue weighted by Crippen LogP contribution is 2.27. The molecular formula is C14H18O4. The maximum absolute atomic E-state index is 11.5. The molecule has 2 unspecified atom stereocenters. The summed E-state index contributed by atoms with van der Waals surface area (Å²) in [5.41, 5.74) is 1.06. The van der Waals surface area contributed by atoms with Gasteiger partial charge in [-0.2, -0.15) is 0 Å². The number of Topliss-reactive ketones (excluding diaryl/α,β-unsaturated/α-hetero) is 1. The van der Waals surface area contributed by atoms with Crippen LogP contribution in [0.2, 0.25) is 0 Å². The summed E-state index contributed by atoms with van der Waals surface area (Å²) in [6.07, 6.45) is -0.193. The minimum absolute atomic E-state index is 0.102. The largest absolute Gasteiger partial charge is 0.486 e. The van der Waals surface area contributed by atoms with Crippen molar-refractivity contribution in [3.8, 4) is 5.75 Å². The van der Waals surface area contributed by atoms with Crippen molar-refractivity contribution < 1.29 is 19.0 Å². The van der Waals surface area contributed by atoms with Gasteiger partial charge in [-0.25, -0.2) is 0 Å². The van der Waals surface area contributed by atoms with E-state index in [2.05, 4.69) is 0 Å². The van der Waals surface area contributed by atoms with Gasteiger partial charge in [0.2, 0.25) is 0 Å². The topological polar surface area (TPSA) is 44.8 Å². The van der Waals surface area contributed by atoms with E-state index in [1.54, 1.807) is 7.11 Å². The zero-order chi connectivity index (χ0) is 13.0. The maximum Gasteiger partial charge on any atom is 0.169 e. The smallest absolute Gasteiger partial charge is 0.169 e. The van der Waals surface area contributed by atoms with E-state index in [-0.39, 0.29) is 11.9 Å². The molecule has 2 atom stereocenters. The zero-order valence-electron chi connectivity index (χ0n) is 10.7. The highest BCUT2D eigenvalue weighted by Gasteiger charge is 2.42. The number of rotatable bonds is 6. The summed E-state index contributed by atoms with van der Waals surface area (Å²) in [6, 6.07) is 7.77. The summed E-state index contributed by atoms with van der Waals surface area (Å²) < 4.78 is 16.2. The number of hydrogen-bond donors (Lipinski definition) is 0. The second kappa shape index (κ2) is 5.98. The Morgan fingerprint density at radius 2 is 2.06 bits per heavy atom. The van der Waals surface area contributed by atoms with E-state index in [0.717, 1.165) is 11.3 Å². The number of hydrogen-bond acceptors (Lipinski definition) is 4. The second-order valence-electron chi connectivity index (χ2n) is 4.38. The summed E-state index contributed by atoms with van der Waals surface area (Å²) in [5.74, 6) is 0.917. The SMILES string of the molecule is COCCOC1C(=O)CC1Oc1ccccc1C. The summed E-state index contributed by atoms with van der Waals surface area (Å²) >= 11 is 0. The van der Waals surface area contributed by atoms with Crippen LogP contribution < -0.4 is 4.74 Å². The predicted molar refractivity (Wildman–Crippen MR) is 66.8 cm³/mol. The van der Waals surface area contributed by atoms with Crippen LogP contribution in [0.4, 0.5) is 0 Å². The van der Waals surface area contributed by atoms with Crippen molar-refractivity contribution in [2.75, 3.05) is 20.3 Å². The highest BCUT2D eigenvalue weighted by atomic mass is 16.6. The average Bonchev–Trinajstić information content (AvgIpc) is 2.36. The van der Waals surface area contributed by atoms with Crippen molar-refractivity contribution >= 4 is 5.78 Å². The van der Waals surface area contributed by atoms with Gasteiger partial charge in [0, 0.05) is 13.5 Å². The molecule has 98 valence electrons. The van der Waals surface area contributed by atoms with Gasteiger partial charge >= 0.3 is 0 Å². The number of ketones is 1. The summed E-state index contributed by atoms with van der Waals surface area (Å²) in [6.45, 7) is 2.89. The minimum Gasteiger partial charge on any atom is -0.486 e. The van der Waals surface area contributed by atoms with Crippen LogP contribution in [0.15, 0.2) is 24.3 Å². The molecule has 0 aromatic heterocycles. The van der Waals surface area contributed by atoms with Crippen molar-refractivity contribution in [2.45, 2.75) is 25.6 Å². The van der Waals surface area contributed by atoms with Crippen molar-refractivity contribution in [3.05, 3.63) is 29.8 Å². The molecule has 0 saturated heterocycles. The van der Waals surface area contributed by atoms with Crippen molar-refractivity contribution in [3.63, 3.8) is 0 Å². The number of carbonyl (C=O) groups excluding carboxylic acids is 1. The molecule has 0 spiro atoms. The average molecular weight is 250 g/mol. The fourth-order valence-corrected chi connectivity index (χ4v) is 1.88. The second-order valence-corrected chi connectivity index (χ2v) is 4.38. The first kappa shape index (κ1) is 13.1.